The summed E-state index contributed by atoms with van der Waals surface area (Å²) in [5.41, 5.74) is 8.49. The van der Waals surface area contributed by atoms with Crippen LogP contribution in [-0.4, -0.2) is 76.8 Å². The molecule has 0 saturated carbocycles. The molecule has 3 aromatic rings. The second-order valence-electron chi connectivity index (χ2n) is 9.36. The molecule has 0 bridgehead atoms. The van der Waals surface area contributed by atoms with Gasteiger partial charge >= 0.3 is 0 Å². The molecule has 1 atom stereocenters. The number of anilines is 1. The predicted molar refractivity (Wildman–Crippen MR) is 143 cm³/mol. The fourth-order valence-corrected chi connectivity index (χ4v) is 5.08. The van der Waals surface area contributed by atoms with Crippen LogP contribution >= 0.6 is 0 Å². The van der Waals surface area contributed by atoms with Gasteiger partial charge in [0.15, 0.2) is 0 Å². The first-order chi connectivity index (χ1) is 18.4. The third kappa shape index (κ3) is 4.63. The van der Waals surface area contributed by atoms with E-state index < -0.39 is 0 Å². The lowest BCUT2D eigenvalue weighted by Crippen LogP contribution is -2.29. The van der Waals surface area contributed by atoms with Gasteiger partial charge in [-0.1, -0.05) is 12.5 Å². The third-order valence-electron chi connectivity index (χ3n) is 7.05. The molecule has 4 heterocycles. The van der Waals surface area contributed by atoms with Gasteiger partial charge in [-0.15, -0.1) is 0 Å². The van der Waals surface area contributed by atoms with Gasteiger partial charge in [0.05, 0.1) is 36.7 Å². The highest BCUT2D eigenvalue weighted by Crippen LogP contribution is 2.33. The maximum atomic E-state index is 13.6. The van der Waals surface area contributed by atoms with Crippen molar-refractivity contribution in [3.63, 3.8) is 0 Å². The lowest BCUT2D eigenvalue weighted by molar-refractivity contribution is -0.125. The molecule has 2 N–H and O–H groups in total. The number of carbonyl (C=O) groups is 2. The van der Waals surface area contributed by atoms with Crippen molar-refractivity contribution in [1.82, 2.24) is 24.6 Å². The summed E-state index contributed by atoms with van der Waals surface area (Å²) in [4.78, 5) is 33.7. The average Bonchev–Trinajstić information content (AvgIpc) is 3.71. The van der Waals surface area contributed by atoms with E-state index in [4.69, 9.17) is 20.3 Å². The number of amides is 2. The van der Waals surface area contributed by atoms with Crippen LogP contribution in [0, 0.1) is 11.8 Å². The van der Waals surface area contributed by atoms with Crippen LogP contribution in [0.3, 0.4) is 0 Å². The van der Waals surface area contributed by atoms with Crippen molar-refractivity contribution in [2.24, 2.45) is 0 Å². The van der Waals surface area contributed by atoms with Gasteiger partial charge in [-0.2, -0.15) is 5.10 Å². The molecule has 0 radical (unpaired) electrons. The average molecular weight is 515 g/mol. The van der Waals surface area contributed by atoms with Crippen LogP contribution in [0.25, 0.3) is 10.9 Å². The first kappa shape index (κ1) is 25.1. The number of likely N-dealkylation sites (tertiary alicyclic amines) is 2. The zero-order valence-corrected chi connectivity index (χ0v) is 21.6. The molecule has 10 nitrogen and oxygen atoms in total. The Morgan fingerprint density at radius 3 is 2.45 bits per heavy atom. The van der Waals surface area contributed by atoms with Gasteiger partial charge < -0.3 is 25.0 Å². The highest BCUT2D eigenvalue weighted by Gasteiger charge is 2.32. The summed E-state index contributed by atoms with van der Waals surface area (Å²) in [7, 11) is 3.16. The number of nitrogens with zero attached hydrogens (tertiary/aromatic N) is 5. The minimum absolute atomic E-state index is 0.102. The van der Waals surface area contributed by atoms with Crippen molar-refractivity contribution in [2.45, 2.75) is 25.3 Å². The number of rotatable bonds is 5. The first-order valence-corrected chi connectivity index (χ1v) is 12.6. The van der Waals surface area contributed by atoms with Crippen LogP contribution in [0.2, 0.25) is 0 Å². The monoisotopic (exact) mass is 514 g/mol. The zero-order valence-electron chi connectivity index (χ0n) is 21.6. The Labute approximate surface area is 221 Å². The van der Waals surface area contributed by atoms with Gasteiger partial charge in [0.1, 0.15) is 23.0 Å². The summed E-state index contributed by atoms with van der Waals surface area (Å²) in [6, 6.07) is 5.22. The normalized spacial score (nSPS) is 16.8. The topological polar surface area (TPSA) is 116 Å². The van der Waals surface area contributed by atoms with Crippen molar-refractivity contribution in [3.05, 3.63) is 53.9 Å². The SMILES string of the molecule is C=CC(=O)N1CC[C@H](n2nc(C#Cc3cc(OC)cc(OC)c3)c3c(N)ncc(C(=O)N4CCCC4)c32)C1. The van der Waals surface area contributed by atoms with Gasteiger partial charge in [-0.05, 0) is 43.4 Å². The van der Waals surface area contributed by atoms with Crippen LogP contribution in [0.4, 0.5) is 5.82 Å². The van der Waals surface area contributed by atoms with Crippen molar-refractivity contribution < 1.29 is 19.1 Å². The highest BCUT2D eigenvalue weighted by atomic mass is 16.5. The van der Waals surface area contributed by atoms with Crippen LogP contribution < -0.4 is 15.2 Å². The number of benzene rings is 1. The van der Waals surface area contributed by atoms with Crippen LogP contribution in [0.15, 0.2) is 37.1 Å². The fourth-order valence-electron chi connectivity index (χ4n) is 5.08. The lowest BCUT2D eigenvalue weighted by atomic mass is 10.1. The number of pyridine rings is 1. The predicted octanol–water partition coefficient (Wildman–Crippen LogP) is 2.63. The van der Waals surface area contributed by atoms with Crippen LogP contribution in [-0.2, 0) is 4.79 Å². The Bertz CT molecular complexity index is 1460. The number of nitrogen functional groups attached to an aromatic ring is 1. The van der Waals surface area contributed by atoms with E-state index in [1.807, 2.05) is 9.58 Å². The molecule has 0 unspecified atom stereocenters. The molecular formula is C28H30N6O4. The zero-order chi connectivity index (χ0) is 26.8. The first-order valence-electron chi connectivity index (χ1n) is 12.6. The van der Waals surface area contributed by atoms with E-state index in [1.54, 1.807) is 37.3 Å². The number of hydrogen-bond donors (Lipinski definition) is 1. The summed E-state index contributed by atoms with van der Waals surface area (Å²) in [5, 5.41) is 5.38. The molecule has 2 fully saturated rings. The van der Waals surface area contributed by atoms with E-state index in [9.17, 15) is 9.59 Å². The summed E-state index contributed by atoms with van der Waals surface area (Å²) < 4.78 is 12.5. The maximum Gasteiger partial charge on any atom is 0.257 e. The van der Waals surface area contributed by atoms with E-state index in [2.05, 4.69) is 23.4 Å². The minimum atomic E-state index is -0.152. The van der Waals surface area contributed by atoms with E-state index in [0.717, 1.165) is 12.8 Å². The number of ether oxygens (including phenoxy) is 2. The van der Waals surface area contributed by atoms with E-state index in [-0.39, 0.29) is 23.7 Å². The number of methoxy groups -OCH3 is 2. The molecule has 196 valence electrons. The maximum absolute atomic E-state index is 13.6. The second-order valence-corrected chi connectivity index (χ2v) is 9.36. The number of nitrogens with two attached hydrogens (primary N) is 1. The Morgan fingerprint density at radius 1 is 1.08 bits per heavy atom. The van der Waals surface area contributed by atoms with Gasteiger partial charge in [0.2, 0.25) is 5.91 Å². The molecule has 5 rings (SSSR count). The van der Waals surface area contributed by atoms with Crippen molar-refractivity contribution in [2.75, 3.05) is 46.1 Å². The minimum Gasteiger partial charge on any atom is -0.497 e. The molecule has 38 heavy (non-hydrogen) atoms. The van der Waals surface area contributed by atoms with Crippen LogP contribution in [0.5, 0.6) is 11.5 Å². The Hall–Kier alpha value is -4.52. The molecule has 0 aliphatic carbocycles. The summed E-state index contributed by atoms with van der Waals surface area (Å²) in [6.07, 6.45) is 5.46. The summed E-state index contributed by atoms with van der Waals surface area (Å²) >= 11 is 0. The molecular weight excluding hydrogens is 484 g/mol. The Kier molecular flexibility index (Phi) is 6.92. The molecule has 2 amide bonds. The molecule has 2 aliphatic heterocycles. The third-order valence-corrected chi connectivity index (χ3v) is 7.05. The molecule has 0 spiro atoms. The van der Waals surface area contributed by atoms with Crippen LogP contribution in [0.1, 0.15) is 46.9 Å². The Balaban J connectivity index is 1.65. The van der Waals surface area contributed by atoms with Gasteiger partial charge in [-0.3, -0.25) is 14.3 Å². The quantitative estimate of drug-likeness (QED) is 0.411. The van der Waals surface area contributed by atoms with Crippen molar-refractivity contribution in [1.29, 1.82) is 0 Å². The van der Waals surface area contributed by atoms with E-state index >= 15 is 0 Å². The molecule has 2 saturated heterocycles. The fraction of sp³-hybridized carbons (Fsp3) is 0.357. The summed E-state index contributed by atoms with van der Waals surface area (Å²) in [6.45, 7) is 6.02. The number of carbonyl (C=O) groups excluding carboxylic acids is 2. The van der Waals surface area contributed by atoms with E-state index in [1.165, 1.54) is 12.3 Å². The molecule has 10 heteroatoms. The van der Waals surface area contributed by atoms with Crippen molar-refractivity contribution >= 4 is 28.5 Å². The van der Waals surface area contributed by atoms with Crippen molar-refractivity contribution in [3.8, 4) is 23.3 Å². The number of fused-ring (bicyclic) bond motifs is 1. The van der Waals surface area contributed by atoms with E-state index in [0.29, 0.717) is 71.8 Å². The molecule has 2 aromatic heterocycles. The second kappa shape index (κ2) is 10.5. The lowest BCUT2D eigenvalue weighted by Gasteiger charge is -2.19. The molecule has 1 aromatic carbocycles. The standard InChI is InChI=1S/C28H30N6O4/c1-4-24(35)33-12-9-19(17-33)34-26-22(28(36)32-10-5-6-11-32)16-30-27(29)25(26)23(31-34)8-7-18-13-20(37-2)15-21(14-18)38-3/h4,13-16,19H,1,5-6,9-12,17H2,2-3H3,(H2,29,30)/t19-/m0/s1. The number of aromatic nitrogens is 3. The number of hydrogen-bond acceptors (Lipinski definition) is 7. The molecule has 2 aliphatic rings. The smallest absolute Gasteiger partial charge is 0.257 e. The summed E-state index contributed by atoms with van der Waals surface area (Å²) in [5.74, 6) is 7.50. The van der Waals surface area contributed by atoms with Gasteiger partial charge in [0.25, 0.3) is 5.91 Å². The largest absolute Gasteiger partial charge is 0.497 e. The Morgan fingerprint density at radius 2 is 1.79 bits per heavy atom. The van der Waals surface area contributed by atoms with Gasteiger partial charge in [-0.25, -0.2) is 4.98 Å². The van der Waals surface area contributed by atoms with Gasteiger partial charge in [0, 0.05) is 44.0 Å². The highest BCUT2D eigenvalue weighted by molar-refractivity contribution is 6.09.